The summed E-state index contributed by atoms with van der Waals surface area (Å²) in [5.74, 6) is 0.119. The Morgan fingerprint density at radius 3 is 2.57 bits per heavy atom. The van der Waals surface area contributed by atoms with E-state index in [1.54, 1.807) is 6.07 Å². The van der Waals surface area contributed by atoms with E-state index in [0.717, 1.165) is 12.0 Å². The monoisotopic (exact) mass is 294 g/mol. The van der Waals surface area contributed by atoms with E-state index in [2.05, 4.69) is 19.2 Å². The van der Waals surface area contributed by atoms with Crippen LogP contribution in [0.15, 0.2) is 24.3 Å². The second-order valence-electron chi connectivity index (χ2n) is 6.57. The molecule has 2 unspecified atom stereocenters. The van der Waals surface area contributed by atoms with Gasteiger partial charge in [0.2, 0.25) is 5.91 Å². The van der Waals surface area contributed by atoms with E-state index in [1.165, 1.54) is 12.1 Å². The Bertz CT molecular complexity index is 476. The van der Waals surface area contributed by atoms with Gasteiger partial charge in [-0.25, -0.2) is 4.39 Å². The minimum Gasteiger partial charge on any atom is -0.350 e. The Kier molecular flexibility index (Phi) is 6.34. The largest absolute Gasteiger partial charge is 0.350 e. The number of halogens is 1. The van der Waals surface area contributed by atoms with Gasteiger partial charge in [0.15, 0.2) is 0 Å². The second kappa shape index (κ2) is 7.55. The summed E-state index contributed by atoms with van der Waals surface area (Å²) in [6.07, 6.45) is 1.17. The number of carbonyl (C=O) groups is 1. The van der Waals surface area contributed by atoms with Gasteiger partial charge in [0.25, 0.3) is 0 Å². The zero-order chi connectivity index (χ0) is 16.0. The van der Waals surface area contributed by atoms with Crippen LogP contribution in [0.3, 0.4) is 0 Å². The highest BCUT2D eigenvalue weighted by atomic mass is 19.1. The molecule has 0 aromatic heterocycles. The fourth-order valence-electron chi connectivity index (χ4n) is 2.68. The minimum atomic E-state index is -0.382. The Labute approximate surface area is 127 Å². The molecule has 0 saturated heterocycles. The number of amides is 1. The highest BCUT2D eigenvalue weighted by molar-refractivity contribution is 5.77. The lowest BCUT2D eigenvalue weighted by atomic mass is 9.90. The summed E-state index contributed by atoms with van der Waals surface area (Å²) in [5, 5.41) is 3.03. The van der Waals surface area contributed by atoms with E-state index >= 15 is 0 Å². The van der Waals surface area contributed by atoms with Crippen LogP contribution in [0.1, 0.15) is 52.0 Å². The van der Waals surface area contributed by atoms with E-state index in [0.29, 0.717) is 18.9 Å². The number of nitrogens with one attached hydrogen (secondary N) is 1. The normalized spacial score (nSPS) is 15.6. The molecule has 4 heteroatoms. The van der Waals surface area contributed by atoms with Crippen molar-refractivity contribution in [2.24, 2.45) is 11.7 Å². The van der Waals surface area contributed by atoms with E-state index in [1.807, 2.05) is 19.9 Å². The second-order valence-corrected chi connectivity index (χ2v) is 6.57. The first-order valence-electron chi connectivity index (χ1n) is 7.52. The molecule has 0 fully saturated rings. The molecule has 1 aromatic rings. The Hall–Kier alpha value is -1.42. The van der Waals surface area contributed by atoms with Crippen LogP contribution in [0.5, 0.6) is 0 Å². The molecule has 0 heterocycles. The molecule has 0 aliphatic rings. The maximum atomic E-state index is 13.2. The number of hydrogen-bond donors (Lipinski definition) is 2. The van der Waals surface area contributed by atoms with Crippen LogP contribution in [-0.4, -0.2) is 18.0 Å². The molecule has 3 nitrogen and oxygen atoms in total. The highest BCUT2D eigenvalue weighted by Crippen LogP contribution is 2.21. The van der Waals surface area contributed by atoms with Gasteiger partial charge < -0.3 is 11.1 Å². The van der Waals surface area contributed by atoms with Crippen LogP contribution in [0.4, 0.5) is 4.39 Å². The van der Waals surface area contributed by atoms with Crippen LogP contribution >= 0.6 is 0 Å². The molecular formula is C17H27FN2O. The Balaban J connectivity index is 2.64. The van der Waals surface area contributed by atoms with Crippen molar-refractivity contribution in [3.8, 4) is 0 Å². The van der Waals surface area contributed by atoms with E-state index < -0.39 is 0 Å². The van der Waals surface area contributed by atoms with Crippen molar-refractivity contribution in [3.05, 3.63) is 35.6 Å². The van der Waals surface area contributed by atoms with Crippen LogP contribution in [0.25, 0.3) is 0 Å². The summed E-state index contributed by atoms with van der Waals surface area (Å²) in [5.41, 5.74) is 6.26. The first kappa shape index (κ1) is 17.6. The zero-order valence-electron chi connectivity index (χ0n) is 13.4. The molecule has 1 aromatic carbocycles. The molecule has 21 heavy (non-hydrogen) atoms. The standard InChI is InChI=1S/C17H27FN2O/c1-12(2)10-17(4,11-19)20-16(21)8-13(3)14-6-5-7-15(18)9-14/h5-7,9,12-13H,8,10-11,19H2,1-4H3,(H,20,21). The molecule has 3 N–H and O–H groups in total. The summed E-state index contributed by atoms with van der Waals surface area (Å²) < 4.78 is 13.2. The average molecular weight is 294 g/mol. The summed E-state index contributed by atoms with van der Waals surface area (Å²) in [6.45, 7) is 8.52. The van der Waals surface area contributed by atoms with Crippen molar-refractivity contribution in [1.82, 2.24) is 5.32 Å². The molecule has 0 radical (unpaired) electrons. The van der Waals surface area contributed by atoms with Crippen LogP contribution in [0, 0.1) is 11.7 Å². The van der Waals surface area contributed by atoms with Gasteiger partial charge in [-0.1, -0.05) is 32.9 Å². The van der Waals surface area contributed by atoms with Crippen molar-refractivity contribution >= 4 is 5.91 Å². The molecule has 0 saturated carbocycles. The number of rotatable bonds is 7. The molecule has 0 aliphatic carbocycles. The molecule has 118 valence electrons. The van der Waals surface area contributed by atoms with Crippen LogP contribution in [-0.2, 0) is 4.79 Å². The molecule has 0 bridgehead atoms. The minimum absolute atomic E-state index is 0.0261. The Morgan fingerprint density at radius 2 is 2.05 bits per heavy atom. The van der Waals surface area contributed by atoms with Crippen molar-refractivity contribution in [3.63, 3.8) is 0 Å². The SMILES string of the molecule is CC(C)CC(C)(CN)NC(=O)CC(C)c1cccc(F)c1. The summed E-state index contributed by atoms with van der Waals surface area (Å²) in [7, 11) is 0. The van der Waals surface area contributed by atoms with Crippen molar-refractivity contribution in [2.75, 3.05) is 6.54 Å². The molecule has 2 atom stereocenters. The third-order valence-electron chi connectivity index (χ3n) is 3.66. The lowest BCUT2D eigenvalue weighted by Gasteiger charge is -2.31. The number of nitrogens with two attached hydrogens (primary N) is 1. The molecule has 0 spiro atoms. The summed E-state index contributed by atoms with van der Waals surface area (Å²) >= 11 is 0. The topological polar surface area (TPSA) is 55.1 Å². The van der Waals surface area contributed by atoms with Crippen molar-refractivity contribution in [2.45, 2.75) is 52.0 Å². The van der Waals surface area contributed by atoms with Gasteiger partial charge in [0.1, 0.15) is 5.82 Å². The van der Waals surface area contributed by atoms with Crippen molar-refractivity contribution in [1.29, 1.82) is 0 Å². The first-order valence-corrected chi connectivity index (χ1v) is 7.52. The lowest BCUT2D eigenvalue weighted by Crippen LogP contribution is -2.52. The number of carbonyl (C=O) groups excluding carboxylic acids is 1. The predicted octanol–water partition coefficient (Wildman–Crippen LogP) is 3.20. The fourth-order valence-corrected chi connectivity index (χ4v) is 2.68. The van der Waals surface area contributed by atoms with Gasteiger partial charge in [0, 0.05) is 18.5 Å². The van der Waals surface area contributed by atoms with Gasteiger partial charge in [-0.3, -0.25) is 4.79 Å². The van der Waals surface area contributed by atoms with Crippen LogP contribution < -0.4 is 11.1 Å². The van der Waals surface area contributed by atoms with Crippen molar-refractivity contribution < 1.29 is 9.18 Å². The highest BCUT2D eigenvalue weighted by Gasteiger charge is 2.26. The summed E-state index contributed by atoms with van der Waals surface area (Å²) in [4.78, 5) is 12.2. The third-order valence-corrected chi connectivity index (χ3v) is 3.66. The molecule has 1 rings (SSSR count). The van der Waals surface area contributed by atoms with Gasteiger partial charge in [-0.2, -0.15) is 0 Å². The smallest absolute Gasteiger partial charge is 0.221 e. The molecular weight excluding hydrogens is 267 g/mol. The quantitative estimate of drug-likeness (QED) is 0.811. The summed E-state index contributed by atoms with van der Waals surface area (Å²) in [6, 6.07) is 6.40. The lowest BCUT2D eigenvalue weighted by molar-refractivity contribution is -0.123. The fraction of sp³-hybridized carbons (Fsp3) is 0.588. The Morgan fingerprint density at radius 1 is 1.38 bits per heavy atom. The maximum absolute atomic E-state index is 13.2. The molecule has 1 amide bonds. The van der Waals surface area contributed by atoms with Gasteiger partial charge in [0.05, 0.1) is 0 Å². The van der Waals surface area contributed by atoms with E-state index in [-0.39, 0.29) is 23.2 Å². The number of benzene rings is 1. The van der Waals surface area contributed by atoms with E-state index in [4.69, 9.17) is 5.73 Å². The predicted molar refractivity (Wildman–Crippen MR) is 84.5 cm³/mol. The first-order chi connectivity index (χ1) is 9.75. The third kappa shape index (κ3) is 5.84. The van der Waals surface area contributed by atoms with Gasteiger partial charge >= 0.3 is 0 Å². The van der Waals surface area contributed by atoms with Gasteiger partial charge in [-0.15, -0.1) is 0 Å². The number of hydrogen-bond acceptors (Lipinski definition) is 2. The average Bonchev–Trinajstić information content (AvgIpc) is 2.37. The van der Waals surface area contributed by atoms with E-state index in [9.17, 15) is 9.18 Å². The van der Waals surface area contributed by atoms with Gasteiger partial charge in [-0.05, 0) is 42.9 Å². The molecule has 0 aliphatic heterocycles. The zero-order valence-corrected chi connectivity index (χ0v) is 13.4. The maximum Gasteiger partial charge on any atom is 0.221 e. The van der Waals surface area contributed by atoms with Crippen LogP contribution in [0.2, 0.25) is 0 Å².